The van der Waals surface area contributed by atoms with Gasteiger partial charge in [-0.15, -0.1) is 0 Å². The smallest absolute Gasteiger partial charge is 0.117 e. The van der Waals surface area contributed by atoms with Crippen LogP contribution in [0.25, 0.3) is 0 Å². The lowest BCUT2D eigenvalue weighted by atomic mass is 10.2. The van der Waals surface area contributed by atoms with Crippen molar-refractivity contribution in [1.29, 1.82) is 0 Å². The van der Waals surface area contributed by atoms with Crippen molar-refractivity contribution in [3.8, 4) is 5.75 Å². The van der Waals surface area contributed by atoms with E-state index in [1.165, 1.54) is 18.2 Å². The first kappa shape index (κ1) is 6.86. The third-order valence-corrected chi connectivity index (χ3v) is 1.27. The summed E-state index contributed by atoms with van der Waals surface area (Å²) in [7, 11) is 0. The molecule has 0 heterocycles. The standard InChI is InChI=1S/C7H8FNO/c8-4-5-3-6(10)1-2-7(5)9/h1-3,10H,4,9H2. The summed E-state index contributed by atoms with van der Waals surface area (Å²) in [6.45, 7) is -0.639. The molecule has 54 valence electrons. The predicted molar refractivity (Wildman–Crippen MR) is 37.3 cm³/mol. The molecule has 10 heavy (non-hydrogen) atoms. The maximum Gasteiger partial charge on any atom is 0.117 e. The summed E-state index contributed by atoms with van der Waals surface area (Å²) in [6, 6.07) is 4.22. The number of anilines is 1. The van der Waals surface area contributed by atoms with Crippen LogP contribution in [0, 0.1) is 0 Å². The summed E-state index contributed by atoms with van der Waals surface area (Å²) in [5.41, 5.74) is 6.06. The Morgan fingerprint density at radius 3 is 2.70 bits per heavy atom. The molecule has 1 aromatic rings. The van der Waals surface area contributed by atoms with Gasteiger partial charge in [-0.1, -0.05) is 0 Å². The van der Waals surface area contributed by atoms with E-state index in [-0.39, 0.29) is 5.75 Å². The van der Waals surface area contributed by atoms with Gasteiger partial charge in [0.1, 0.15) is 12.4 Å². The van der Waals surface area contributed by atoms with Crippen molar-refractivity contribution in [1.82, 2.24) is 0 Å². The zero-order valence-electron chi connectivity index (χ0n) is 5.34. The Bertz CT molecular complexity index is 237. The van der Waals surface area contributed by atoms with Crippen molar-refractivity contribution in [2.75, 3.05) is 5.73 Å². The molecule has 1 rings (SSSR count). The first-order valence-electron chi connectivity index (χ1n) is 2.87. The number of nitrogen functional groups attached to an aromatic ring is 1. The van der Waals surface area contributed by atoms with E-state index in [2.05, 4.69) is 0 Å². The summed E-state index contributed by atoms with van der Waals surface area (Å²) < 4.78 is 12.0. The van der Waals surface area contributed by atoms with Gasteiger partial charge in [0.2, 0.25) is 0 Å². The van der Waals surface area contributed by atoms with Crippen LogP contribution in [-0.4, -0.2) is 5.11 Å². The second-order valence-electron chi connectivity index (χ2n) is 2.02. The lowest BCUT2D eigenvalue weighted by Crippen LogP contribution is -1.90. The molecule has 0 saturated heterocycles. The second kappa shape index (κ2) is 2.56. The van der Waals surface area contributed by atoms with Gasteiger partial charge in [-0.05, 0) is 18.2 Å². The van der Waals surface area contributed by atoms with E-state index in [1.807, 2.05) is 0 Å². The predicted octanol–water partition coefficient (Wildman–Crippen LogP) is 1.44. The van der Waals surface area contributed by atoms with Gasteiger partial charge >= 0.3 is 0 Å². The second-order valence-corrected chi connectivity index (χ2v) is 2.02. The summed E-state index contributed by atoms with van der Waals surface area (Å²) in [6.07, 6.45) is 0. The molecule has 0 aliphatic rings. The number of benzene rings is 1. The molecule has 0 atom stereocenters. The fourth-order valence-corrected chi connectivity index (χ4v) is 0.708. The van der Waals surface area contributed by atoms with Gasteiger partial charge < -0.3 is 10.8 Å². The first-order chi connectivity index (χ1) is 4.74. The maximum absolute atomic E-state index is 12.0. The summed E-state index contributed by atoms with van der Waals surface area (Å²) in [5.74, 6) is 0.0434. The van der Waals surface area contributed by atoms with Gasteiger partial charge in [0, 0.05) is 11.3 Å². The number of hydrogen-bond acceptors (Lipinski definition) is 2. The van der Waals surface area contributed by atoms with Crippen molar-refractivity contribution in [3.63, 3.8) is 0 Å². The van der Waals surface area contributed by atoms with Crippen LogP contribution in [0.1, 0.15) is 5.56 Å². The van der Waals surface area contributed by atoms with Crippen molar-refractivity contribution in [3.05, 3.63) is 23.8 Å². The highest BCUT2D eigenvalue weighted by Gasteiger charge is 1.97. The molecule has 0 amide bonds. The lowest BCUT2D eigenvalue weighted by molar-refractivity contribution is 0.463. The van der Waals surface area contributed by atoms with Crippen LogP contribution in [0.4, 0.5) is 10.1 Å². The molecule has 0 radical (unpaired) electrons. The summed E-state index contributed by atoms with van der Waals surface area (Å²) >= 11 is 0. The zero-order valence-corrected chi connectivity index (χ0v) is 5.34. The van der Waals surface area contributed by atoms with Crippen molar-refractivity contribution in [2.45, 2.75) is 6.67 Å². The summed E-state index contributed by atoms with van der Waals surface area (Å²) in [5, 5.41) is 8.85. The quantitative estimate of drug-likeness (QED) is 0.459. The van der Waals surface area contributed by atoms with Crippen LogP contribution < -0.4 is 5.73 Å². The molecule has 0 unspecified atom stereocenters. The highest BCUT2D eigenvalue weighted by molar-refractivity contribution is 5.49. The van der Waals surface area contributed by atoms with Crippen LogP contribution in [-0.2, 0) is 6.67 Å². The van der Waals surface area contributed by atoms with Gasteiger partial charge in [-0.25, -0.2) is 4.39 Å². The number of aromatic hydroxyl groups is 1. The molecule has 3 heteroatoms. The molecule has 0 saturated carbocycles. The largest absolute Gasteiger partial charge is 0.508 e. The number of alkyl halides is 1. The molecule has 2 nitrogen and oxygen atoms in total. The Hall–Kier alpha value is -1.25. The van der Waals surface area contributed by atoms with E-state index in [4.69, 9.17) is 10.8 Å². The number of nitrogens with two attached hydrogens (primary N) is 1. The molecule has 0 aliphatic carbocycles. The zero-order chi connectivity index (χ0) is 7.56. The Kier molecular flexibility index (Phi) is 1.76. The SMILES string of the molecule is Nc1ccc(O)cc1CF. The molecule has 0 bridgehead atoms. The fourth-order valence-electron chi connectivity index (χ4n) is 0.708. The molecule has 0 aliphatic heterocycles. The summed E-state index contributed by atoms with van der Waals surface area (Å²) in [4.78, 5) is 0. The molecule has 0 aromatic heterocycles. The van der Waals surface area contributed by atoms with Crippen molar-refractivity contribution in [2.24, 2.45) is 0 Å². The van der Waals surface area contributed by atoms with Crippen LogP contribution in [0.2, 0.25) is 0 Å². The Morgan fingerprint density at radius 2 is 2.20 bits per heavy atom. The molecule has 0 fully saturated rings. The van der Waals surface area contributed by atoms with Gasteiger partial charge in [-0.3, -0.25) is 0 Å². The van der Waals surface area contributed by atoms with E-state index in [0.717, 1.165) is 0 Å². The van der Waals surface area contributed by atoms with E-state index < -0.39 is 6.67 Å². The molecule has 0 spiro atoms. The number of rotatable bonds is 1. The third kappa shape index (κ3) is 1.18. The Labute approximate surface area is 58.1 Å². The van der Waals surface area contributed by atoms with Gasteiger partial charge in [0.15, 0.2) is 0 Å². The van der Waals surface area contributed by atoms with Gasteiger partial charge in [-0.2, -0.15) is 0 Å². The Morgan fingerprint density at radius 1 is 1.50 bits per heavy atom. The van der Waals surface area contributed by atoms with Crippen LogP contribution in [0.5, 0.6) is 5.75 Å². The average molecular weight is 141 g/mol. The molecule has 1 aromatic carbocycles. The maximum atomic E-state index is 12.0. The fraction of sp³-hybridized carbons (Fsp3) is 0.143. The first-order valence-corrected chi connectivity index (χ1v) is 2.87. The molecule has 3 N–H and O–H groups in total. The van der Waals surface area contributed by atoms with E-state index in [9.17, 15) is 4.39 Å². The number of phenolic OH excluding ortho intramolecular Hbond substituents is 1. The number of phenols is 1. The monoisotopic (exact) mass is 141 g/mol. The number of hydrogen-bond donors (Lipinski definition) is 2. The van der Waals surface area contributed by atoms with Crippen molar-refractivity contribution < 1.29 is 9.50 Å². The minimum atomic E-state index is -0.639. The minimum absolute atomic E-state index is 0.0434. The Balaban J connectivity index is 3.09. The van der Waals surface area contributed by atoms with Crippen LogP contribution in [0.3, 0.4) is 0 Å². The van der Waals surface area contributed by atoms with Crippen LogP contribution in [0.15, 0.2) is 18.2 Å². The van der Waals surface area contributed by atoms with Crippen LogP contribution >= 0.6 is 0 Å². The van der Waals surface area contributed by atoms with E-state index >= 15 is 0 Å². The third-order valence-electron chi connectivity index (χ3n) is 1.27. The average Bonchev–Trinajstić information content (AvgIpc) is 1.94. The number of halogens is 1. The molecular weight excluding hydrogens is 133 g/mol. The van der Waals surface area contributed by atoms with E-state index in [0.29, 0.717) is 11.3 Å². The molecular formula is C7H8FNO. The normalized spacial score (nSPS) is 9.70. The van der Waals surface area contributed by atoms with Gasteiger partial charge in [0.25, 0.3) is 0 Å². The topological polar surface area (TPSA) is 46.2 Å². The van der Waals surface area contributed by atoms with Gasteiger partial charge in [0.05, 0.1) is 0 Å². The highest BCUT2D eigenvalue weighted by Crippen LogP contribution is 2.18. The lowest BCUT2D eigenvalue weighted by Gasteiger charge is -1.99. The minimum Gasteiger partial charge on any atom is -0.508 e. The van der Waals surface area contributed by atoms with Crippen molar-refractivity contribution >= 4 is 5.69 Å². The highest BCUT2D eigenvalue weighted by atomic mass is 19.1. The van der Waals surface area contributed by atoms with E-state index in [1.54, 1.807) is 0 Å².